The van der Waals surface area contributed by atoms with Crippen molar-refractivity contribution in [2.24, 2.45) is 0 Å². The Kier molecular flexibility index (Phi) is 5.45. The number of hydrogen-bond acceptors (Lipinski definition) is 0. The Bertz CT molecular complexity index is 602. The molecule has 0 amide bonds. The van der Waals surface area contributed by atoms with Crippen LogP contribution in [0, 0.1) is 6.92 Å². The molecule has 2 aromatic rings. The van der Waals surface area contributed by atoms with Crippen LogP contribution < -0.4 is 0 Å². The summed E-state index contributed by atoms with van der Waals surface area (Å²) in [6, 6.07) is 13.4. The minimum absolute atomic E-state index is 0.255. The lowest BCUT2D eigenvalue weighted by Crippen LogP contribution is -1.98. The molecule has 0 nitrogen and oxygen atoms in total. The molecule has 0 fully saturated rings. The molecule has 20 heavy (non-hydrogen) atoms. The van der Waals surface area contributed by atoms with E-state index in [1.165, 1.54) is 27.8 Å². The zero-order valence-electron chi connectivity index (χ0n) is 12.2. The molecule has 1 unspecified atom stereocenters. The SMILES string of the molecule is CCc1ccc(C(Br)c2ccc(Br)c(C)c2)cc1CC. The van der Waals surface area contributed by atoms with Crippen molar-refractivity contribution in [3.8, 4) is 0 Å². The van der Waals surface area contributed by atoms with Crippen LogP contribution in [0.4, 0.5) is 0 Å². The minimum Gasteiger partial charge on any atom is -0.0786 e. The summed E-state index contributed by atoms with van der Waals surface area (Å²) in [6.07, 6.45) is 2.20. The Balaban J connectivity index is 2.37. The molecule has 0 N–H and O–H groups in total. The van der Waals surface area contributed by atoms with E-state index in [9.17, 15) is 0 Å². The Labute approximate surface area is 138 Å². The average molecular weight is 396 g/mol. The van der Waals surface area contributed by atoms with Gasteiger partial charge < -0.3 is 0 Å². The van der Waals surface area contributed by atoms with Gasteiger partial charge in [0.2, 0.25) is 0 Å². The second kappa shape index (κ2) is 6.91. The van der Waals surface area contributed by atoms with Gasteiger partial charge in [0.05, 0.1) is 4.83 Å². The van der Waals surface area contributed by atoms with Crippen LogP contribution in [0.3, 0.4) is 0 Å². The summed E-state index contributed by atoms with van der Waals surface area (Å²) in [7, 11) is 0. The fourth-order valence-corrected chi connectivity index (χ4v) is 3.31. The quantitative estimate of drug-likeness (QED) is 0.527. The van der Waals surface area contributed by atoms with Crippen molar-refractivity contribution in [2.75, 3.05) is 0 Å². The lowest BCUT2D eigenvalue weighted by atomic mass is 9.96. The molecule has 0 bridgehead atoms. The van der Waals surface area contributed by atoms with Crippen LogP contribution in [0.2, 0.25) is 0 Å². The Hall–Kier alpha value is -0.600. The van der Waals surface area contributed by atoms with Crippen LogP contribution in [0.1, 0.15) is 46.5 Å². The first-order valence-electron chi connectivity index (χ1n) is 7.08. The maximum atomic E-state index is 3.85. The van der Waals surface area contributed by atoms with E-state index in [4.69, 9.17) is 0 Å². The van der Waals surface area contributed by atoms with Gasteiger partial charge in [0.1, 0.15) is 0 Å². The third kappa shape index (κ3) is 3.35. The van der Waals surface area contributed by atoms with E-state index < -0.39 is 0 Å². The van der Waals surface area contributed by atoms with E-state index in [0.29, 0.717) is 0 Å². The second-order valence-corrected chi connectivity index (χ2v) is 6.88. The van der Waals surface area contributed by atoms with Gasteiger partial charge in [-0.25, -0.2) is 0 Å². The molecule has 0 heterocycles. The van der Waals surface area contributed by atoms with Gasteiger partial charge in [-0.15, -0.1) is 0 Å². The van der Waals surface area contributed by atoms with Gasteiger partial charge in [-0.05, 0) is 53.6 Å². The number of hydrogen-bond donors (Lipinski definition) is 0. The van der Waals surface area contributed by atoms with Crippen LogP contribution in [0.5, 0.6) is 0 Å². The molecule has 0 radical (unpaired) electrons. The molecule has 0 spiro atoms. The minimum atomic E-state index is 0.255. The normalized spacial score (nSPS) is 12.4. The summed E-state index contributed by atoms with van der Waals surface area (Å²) in [4.78, 5) is 0.255. The molecule has 0 aliphatic heterocycles. The molecule has 0 aromatic heterocycles. The number of benzene rings is 2. The van der Waals surface area contributed by atoms with Gasteiger partial charge in [0.15, 0.2) is 0 Å². The number of alkyl halides is 1. The summed E-state index contributed by atoms with van der Waals surface area (Å²) in [5.74, 6) is 0. The number of rotatable bonds is 4. The van der Waals surface area contributed by atoms with Crippen molar-refractivity contribution in [3.05, 3.63) is 68.7 Å². The highest BCUT2D eigenvalue weighted by molar-refractivity contribution is 9.10. The fraction of sp³-hybridized carbons (Fsp3) is 0.333. The standard InChI is InChI=1S/C18H20Br2/c1-4-13-6-7-16(11-14(13)5-2)18(20)15-8-9-17(19)12(3)10-15/h6-11,18H,4-5H2,1-3H3. The third-order valence-corrected chi connectivity index (χ3v) is 5.71. The van der Waals surface area contributed by atoms with Crippen LogP contribution in [0.15, 0.2) is 40.9 Å². The zero-order valence-corrected chi connectivity index (χ0v) is 15.4. The van der Waals surface area contributed by atoms with E-state index in [0.717, 1.165) is 17.3 Å². The summed E-state index contributed by atoms with van der Waals surface area (Å²) in [5.41, 5.74) is 6.83. The van der Waals surface area contributed by atoms with E-state index in [2.05, 4.69) is 89.0 Å². The van der Waals surface area contributed by atoms with Crippen molar-refractivity contribution in [1.29, 1.82) is 0 Å². The Morgan fingerprint density at radius 2 is 1.50 bits per heavy atom. The molecule has 1 atom stereocenters. The topological polar surface area (TPSA) is 0 Å². The lowest BCUT2D eigenvalue weighted by molar-refractivity contribution is 1.02. The molecule has 0 aliphatic rings. The van der Waals surface area contributed by atoms with E-state index in [1.807, 2.05) is 0 Å². The maximum Gasteiger partial charge on any atom is 0.0644 e. The highest BCUT2D eigenvalue weighted by atomic mass is 79.9. The van der Waals surface area contributed by atoms with Gasteiger partial charge in [0.25, 0.3) is 0 Å². The van der Waals surface area contributed by atoms with Crippen molar-refractivity contribution in [3.63, 3.8) is 0 Å². The predicted molar refractivity (Wildman–Crippen MR) is 94.8 cm³/mol. The smallest absolute Gasteiger partial charge is 0.0644 e. The Morgan fingerprint density at radius 3 is 2.10 bits per heavy atom. The van der Waals surface area contributed by atoms with Crippen LogP contribution in [-0.4, -0.2) is 0 Å². The van der Waals surface area contributed by atoms with Crippen molar-refractivity contribution >= 4 is 31.9 Å². The van der Waals surface area contributed by atoms with E-state index >= 15 is 0 Å². The molecule has 2 aromatic carbocycles. The third-order valence-electron chi connectivity index (χ3n) is 3.76. The first-order valence-corrected chi connectivity index (χ1v) is 8.79. The van der Waals surface area contributed by atoms with Gasteiger partial charge in [-0.2, -0.15) is 0 Å². The largest absolute Gasteiger partial charge is 0.0786 e. The Morgan fingerprint density at radius 1 is 0.900 bits per heavy atom. The van der Waals surface area contributed by atoms with Gasteiger partial charge in [0, 0.05) is 4.47 Å². The predicted octanol–water partition coefficient (Wildman–Crippen LogP) is 6.37. The molecule has 2 rings (SSSR count). The molecular formula is C18H20Br2. The van der Waals surface area contributed by atoms with Crippen molar-refractivity contribution in [1.82, 2.24) is 0 Å². The molecule has 0 saturated heterocycles. The molecule has 2 heteroatoms. The molecule has 106 valence electrons. The van der Waals surface area contributed by atoms with Gasteiger partial charge >= 0.3 is 0 Å². The van der Waals surface area contributed by atoms with Crippen LogP contribution in [0.25, 0.3) is 0 Å². The second-order valence-electron chi connectivity index (χ2n) is 5.11. The fourth-order valence-electron chi connectivity index (χ4n) is 2.50. The lowest BCUT2D eigenvalue weighted by Gasteiger charge is -2.15. The van der Waals surface area contributed by atoms with Gasteiger partial charge in [-0.3, -0.25) is 0 Å². The average Bonchev–Trinajstić information content (AvgIpc) is 2.48. The zero-order chi connectivity index (χ0) is 14.7. The summed E-state index contributed by atoms with van der Waals surface area (Å²) >= 11 is 7.41. The van der Waals surface area contributed by atoms with Crippen molar-refractivity contribution in [2.45, 2.75) is 38.4 Å². The van der Waals surface area contributed by atoms with Gasteiger partial charge in [-0.1, -0.05) is 76.0 Å². The molecular weight excluding hydrogens is 376 g/mol. The van der Waals surface area contributed by atoms with Crippen LogP contribution in [-0.2, 0) is 12.8 Å². The number of halogens is 2. The first-order chi connectivity index (χ1) is 9.56. The summed E-state index contributed by atoms with van der Waals surface area (Å²) < 4.78 is 1.16. The molecule has 0 saturated carbocycles. The highest BCUT2D eigenvalue weighted by Gasteiger charge is 2.12. The van der Waals surface area contributed by atoms with E-state index in [1.54, 1.807) is 0 Å². The van der Waals surface area contributed by atoms with E-state index in [-0.39, 0.29) is 4.83 Å². The first kappa shape index (κ1) is 15.8. The number of aryl methyl sites for hydroxylation is 3. The molecule has 0 aliphatic carbocycles. The monoisotopic (exact) mass is 394 g/mol. The highest BCUT2D eigenvalue weighted by Crippen LogP contribution is 2.33. The summed E-state index contributed by atoms with van der Waals surface area (Å²) in [5, 5.41) is 0. The van der Waals surface area contributed by atoms with Crippen molar-refractivity contribution < 1.29 is 0 Å². The maximum absolute atomic E-state index is 3.85. The van der Waals surface area contributed by atoms with Crippen LogP contribution >= 0.6 is 31.9 Å². The summed E-state index contributed by atoms with van der Waals surface area (Å²) in [6.45, 7) is 6.58.